The second-order valence-corrected chi connectivity index (χ2v) is 6.00. The molecule has 2 aliphatic rings. The van der Waals surface area contributed by atoms with Crippen LogP contribution in [0.1, 0.15) is 43.8 Å². The van der Waals surface area contributed by atoms with Crippen LogP contribution < -0.4 is 5.32 Å². The summed E-state index contributed by atoms with van der Waals surface area (Å²) in [7, 11) is 0. The van der Waals surface area contributed by atoms with Gasteiger partial charge in [0.1, 0.15) is 18.3 Å². The summed E-state index contributed by atoms with van der Waals surface area (Å²) in [5.74, 6) is 1.37. The van der Waals surface area contributed by atoms with Crippen molar-refractivity contribution in [3.63, 3.8) is 0 Å². The molecule has 2 heterocycles. The molecule has 2 amide bonds. The predicted octanol–water partition coefficient (Wildman–Crippen LogP) is 1.39. The Morgan fingerprint density at radius 2 is 2.10 bits per heavy atom. The maximum absolute atomic E-state index is 12.6. The number of nitrogens with zero attached hydrogens (tertiary/aromatic N) is 2. The van der Waals surface area contributed by atoms with Crippen molar-refractivity contribution < 1.29 is 14.0 Å². The van der Waals surface area contributed by atoms with Crippen LogP contribution in [-0.2, 0) is 16.1 Å². The van der Waals surface area contributed by atoms with Crippen LogP contribution in [-0.4, -0.2) is 34.3 Å². The first-order chi connectivity index (χ1) is 10.1. The van der Waals surface area contributed by atoms with Gasteiger partial charge in [-0.2, -0.15) is 0 Å². The lowest BCUT2D eigenvalue weighted by molar-refractivity contribution is -0.147. The molecule has 2 fully saturated rings. The molecule has 6 heteroatoms. The third kappa shape index (κ3) is 3.09. The predicted molar refractivity (Wildman–Crippen MR) is 75.2 cm³/mol. The number of rotatable bonds is 3. The van der Waals surface area contributed by atoms with Crippen molar-refractivity contribution >= 4 is 11.8 Å². The number of carbonyl (C=O) groups excluding carboxylic acids is 2. The van der Waals surface area contributed by atoms with E-state index in [1.165, 1.54) is 6.42 Å². The van der Waals surface area contributed by atoms with E-state index in [1.54, 1.807) is 11.1 Å². The molecule has 1 aliphatic heterocycles. The lowest BCUT2D eigenvalue weighted by Crippen LogP contribution is -2.60. The fourth-order valence-electron chi connectivity index (χ4n) is 3.29. The standard InChI is InChI=1S/C15H21N3O3/c1-10-7-16-13(21-10)9-18-8-12(19)17-14(15(18)20)11-5-3-2-4-6-11/h7,11,14H,2-6,8-9H2,1H3,(H,17,19). The fourth-order valence-corrected chi connectivity index (χ4v) is 3.29. The Morgan fingerprint density at radius 3 is 2.76 bits per heavy atom. The molecule has 1 aliphatic carbocycles. The van der Waals surface area contributed by atoms with Crippen molar-refractivity contribution in [1.82, 2.24) is 15.2 Å². The lowest BCUT2D eigenvalue weighted by Gasteiger charge is -2.37. The first-order valence-electron chi connectivity index (χ1n) is 7.63. The highest BCUT2D eigenvalue weighted by Gasteiger charge is 2.38. The smallest absolute Gasteiger partial charge is 0.246 e. The lowest BCUT2D eigenvalue weighted by atomic mass is 9.82. The zero-order valence-electron chi connectivity index (χ0n) is 12.3. The molecular formula is C15H21N3O3. The molecule has 1 unspecified atom stereocenters. The highest BCUT2D eigenvalue weighted by Crippen LogP contribution is 2.28. The minimum absolute atomic E-state index is 0.00245. The summed E-state index contributed by atoms with van der Waals surface area (Å²) in [5.41, 5.74) is 0. The van der Waals surface area contributed by atoms with Gasteiger partial charge in [0.2, 0.25) is 17.7 Å². The van der Waals surface area contributed by atoms with Gasteiger partial charge in [0.05, 0.1) is 12.7 Å². The number of amides is 2. The number of piperazine rings is 1. The van der Waals surface area contributed by atoms with E-state index >= 15 is 0 Å². The molecule has 1 atom stereocenters. The van der Waals surface area contributed by atoms with Crippen molar-refractivity contribution in [1.29, 1.82) is 0 Å². The Kier molecular flexibility index (Phi) is 3.94. The van der Waals surface area contributed by atoms with E-state index in [9.17, 15) is 9.59 Å². The van der Waals surface area contributed by atoms with E-state index in [0.717, 1.165) is 25.7 Å². The quantitative estimate of drug-likeness (QED) is 0.913. The first-order valence-corrected chi connectivity index (χ1v) is 7.63. The molecule has 1 aromatic rings. The molecule has 21 heavy (non-hydrogen) atoms. The number of oxazole rings is 1. The summed E-state index contributed by atoms with van der Waals surface area (Å²) in [6.45, 7) is 2.17. The molecule has 1 N–H and O–H groups in total. The van der Waals surface area contributed by atoms with Crippen LogP contribution in [0.25, 0.3) is 0 Å². The van der Waals surface area contributed by atoms with Gasteiger partial charge >= 0.3 is 0 Å². The van der Waals surface area contributed by atoms with E-state index in [2.05, 4.69) is 10.3 Å². The second-order valence-electron chi connectivity index (χ2n) is 6.00. The number of aryl methyl sites for hydroxylation is 1. The van der Waals surface area contributed by atoms with Gasteiger partial charge in [-0.15, -0.1) is 0 Å². The monoisotopic (exact) mass is 291 g/mol. The average molecular weight is 291 g/mol. The van der Waals surface area contributed by atoms with Gasteiger partial charge in [0, 0.05) is 0 Å². The van der Waals surface area contributed by atoms with Gasteiger partial charge in [0.15, 0.2) is 0 Å². The Hall–Kier alpha value is -1.85. The Labute approximate surface area is 123 Å². The normalized spacial score (nSPS) is 24.2. The van der Waals surface area contributed by atoms with Crippen LogP contribution in [0.15, 0.2) is 10.6 Å². The summed E-state index contributed by atoms with van der Waals surface area (Å²) in [5, 5.41) is 2.88. The zero-order valence-corrected chi connectivity index (χ0v) is 12.3. The zero-order chi connectivity index (χ0) is 14.8. The van der Waals surface area contributed by atoms with Crippen molar-refractivity contribution in [3.05, 3.63) is 17.8 Å². The summed E-state index contributed by atoms with van der Waals surface area (Å²) in [6.07, 6.45) is 7.17. The van der Waals surface area contributed by atoms with E-state index < -0.39 is 0 Å². The highest BCUT2D eigenvalue weighted by atomic mass is 16.4. The number of carbonyl (C=O) groups is 2. The summed E-state index contributed by atoms with van der Waals surface area (Å²) in [6, 6.07) is -0.373. The van der Waals surface area contributed by atoms with Gasteiger partial charge in [-0.1, -0.05) is 19.3 Å². The maximum Gasteiger partial charge on any atom is 0.246 e. The summed E-state index contributed by atoms with van der Waals surface area (Å²) >= 11 is 0. The fraction of sp³-hybridized carbons (Fsp3) is 0.667. The molecule has 1 saturated carbocycles. The van der Waals surface area contributed by atoms with Gasteiger partial charge in [-0.05, 0) is 25.7 Å². The molecule has 114 valence electrons. The summed E-state index contributed by atoms with van der Waals surface area (Å²) < 4.78 is 5.41. The number of nitrogens with one attached hydrogen (secondary N) is 1. The van der Waals surface area contributed by atoms with Crippen LogP contribution in [0.2, 0.25) is 0 Å². The van der Waals surface area contributed by atoms with Gasteiger partial charge in [-0.3, -0.25) is 9.59 Å². The van der Waals surface area contributed by atoms with Crippen LogP contribution in [0.5, 0.6) is 0 Å². The molecule has 0 spiro atoms. The molecule has 1 aromatic heterocycles. The number of hydrogen-bond donors (Lipinski definition) is 1. The van der Waals surface area contributed by atoms with Gasteiger partial charge in [0.25, 0.3) is 0 Å². The maximum atomic E-state index is 12.6. The van der Waals surface area contributed by atoms with E-state index in [0.29, 0.717) is 11.7 Å². The second kappa shape index (κ2) is 5.87. The van der Waals surface area contributed by atoms with Gasteiger partial charge in [-0.25, -0.2) is 4.98 Å². The third-order valence-corrected chi connectivity index (χ3v) is 4.35. The molecule has 0 radical (unpaired) electrons. The van der Waals surface area contributed by atoms with Crippen LogP contribution in [0.3, 0.4) is 0 Å². The first kappa shape index (κ1) is 14.1. The SMILES string of the molecule is Cc1cnc(CN2CC(=O)NC(C3CCCCC3)C2=O)o1. The summed E-state index contributed by atoms with van der Waals surface area (Å²) in [4.78, 5) is 30.2. The van der Waals surface area contributed by atoms with Crippen LogP contribution in [0.4, 0.5) is 0 Å². The minimum atomic E-state index is -0.373. The van der Waals surface area contributed by atoms with Crippen molar-refractivity contribution in [2.75, 3.05) is 6.54 Å². The minimum Gasteiger partial charge on any atom is -0.444 e. The molecular weight excluding hydrogens is 270 g/mol. The Bertz CT molecular complexity index is 534. The molecule has 1 saturated heterocycles. The molecule has 0 bridgehead atoms. The van der Waals surface area contributed by atoms with Crippen LogP contribution >= 0.6 is 0 Å². The van der Waals surface area contributed by atoms with Crippen molar-refractivity contribution in [2.24, 2.45) is 5.92 Å². The number of aromatic nitrogens is 1. The van der Waals surface area contributed by atoms with Crippen LogP contribution in [0, 0.1) is 12.8 Å². The van der Waals surface area contributed by atoms with Crippen molar-refractivity contribution in [2.45, 2.75) is 51.6 Å². The number of hydrogen-bond acceptors (Lipinski definition) is 4. The highest BCUT2D eigenvalue weighted by molar-refractivity contribution is 5.94. The molecule has 0 aromatic carbocycles. The largest absolute Gasteiger partial charge is 0.444 e. The third-order valence-electron chi connectivity index (χ3n) is 4.35. The van der Waals surface area contributed by atoms with E-state index in [4.69, 9.17) is 4.42 Å². The van der Waals surface area contributed by atoms with Gasteiger partial charge < -0.3 is 14.6 Å². The van der Waals surface area contributed by atoms with E-state index in [1.807, 2.05) is 6.92 Å². The average Bonchev–Trinajstić information content (AvgIpc) is 2.89. The molecule has 3 rings (SSSR count). The topological polar surface area (TPSA) is 75.4 Å². The molecule has 6 nitrogen and oxygen atoms in total. The Morgan fingerprint density at radius 1 is 1.33 bits per heavy atom. The van der Waals surface area contributed by atoms with Crippen molar-refractivity contribution in [3.8, 4) is 0 Å². The Balaban J connectivity index is 1.71. The van der Waals surface area contributed by atoms with E-state index in [-0.39, 0.29) is 36.9 Å².